The monoisotopic (exact) mass is 846 g/mol. The number of alkyl halides is 3. The number of benzene rings is 5. The first-order valence-electron chi connectivity index (χ1n) is 18.0. The second kappa shape index (κ2) is 13.9. The van der Waals surface area contributed by atoms with Crippen molar-refractivity contribution < 1.29 is 17.9 Å². The Hall–Kier alpha value is -4.69. The molecule has 3 heterocycles. The van der Waals surface area contributed by atoms with Crippen molar-refractivity contribution in [2.75, 3.05) is 0 Å². The van der Waals surface area contributed by atoms with Crippen LogP contribution in [0.15, 0.2) is 134 Å². The zero-order chi connectivity index (χ0) is 37.8. The van der Waals surface area contributed by atoms with Crippen LogP contribution in [0.2, 0.25) is 17.3 Å². The van der Waals surface area contributed by atoms with Gasteiger partial charge in [0.1, 0.15) is 0 Å². The molecule has 0 atom stereocenters. The first-order chi connectivity index (χ1) is 25.7. The molecule has 270 valence electrons. The summed E-state index contributed by atoms with van der Waals surface area (Å²) in [6, 6.07) is 40.9. The summed E-state index contributed by atoms with van der Waals surface area (Å²) in [5, 5.41) is 5.56. The average molecular weight is 844 g/mol. The van der Waals surface area contributed by atoms with Crippen LogP contribution in [-0.4, -0.2) is 43.9 Å². The summed E-state index contributed by atoms with van der Waals surface area (Å²) in [6.07, 6.45) is -0.337. The number of pyridine rings is 2. The van der Waals surface area contributed by atoms with Gasteiger partial charge in [-0.3, -0.25) is 0 Å². The quantitative estimate of drug-likeness (QED) is 0.143. The van der Waals surface area contributed by atoms with Crippen LogP contribution >= 0.6 is 0 Å². The van der Waals surface area contributed by atoms with Crippen molar-refractivity contribution in [2.24, 2.45) is 5.41 Å². The predicted octanol–water partition coefficient (Wildman–Crippen LogP) is 12.5. The Balaban J connectivity index is 1.19. The summed E-state index contributed by atoms with van der Waals surface area (Å²) < 4.78 is 51.4. The van der Waals surface area contributed by atoms with Gasteiger partial charge < -0.3 is 0 Å². The molecule has 0 saturated heterocycles. The van der Waals surface area contributed by atoms with E-state index in [-0.39, 0.29) is 20.9 Å². The van der Waals surface area contributed by atoms with E-state index in [4.69, 9.17) is 14.7 Å². The Labute approximate surface area is 322 Å². The van der Waals surface area contributed by atoms with Crippen LogP contribution in [0.4, 0.5) is 13.2 Å². The molecule has 8 heteroatoms. The topological polar surface area (TPSA) is 35.0 Å². The van der Waals surface area contributed by atoms with Crippen molar-refractivity contribution in [1.82, 2.24) is 9.97 Å². The fourth-order valence-corrected chi connectivity index (χ4v) is 12.9. The molecule has 0 aliphatic rings. The van der Waals surface area contributed by atoms with Gasteiger partial charge in [-0.1, -0.05) is 24.3 Å². The van der Waals surface area contributed by atoms with E-state index in [1.165, 1.54) is 32.3 Å². The van der Waals surface area contributed by atoms with E-state index in [1.54, 1.807) is 0 Å². The van der Waals surface area contributed by atoms with E-state index in [9.17, 15) is 13.2 Å². The molecule has 0 bridgehead atoms. The Bertz CT molecular complexity index is 2680. The van der Waals surface area contributed by atoms with E-state index < -0.39 is 24.9 Å². The van der Waals surface area contributed by atoms with Crippen molar-refractivity contribution in [2.45, 2.75) is 43.7 Å². The molecule has 0 aliphatic heterocycles. The van der Waals surface area contributed by atoms with Crippen LogP contribution in [0.25, 0.3) is 63.7 Å². The summed E-state index contributed by atoms with van der Waals surface area (Å²) in [5.41, 5.74) is 3.71. The molecule has 0 aliphatic carbocycles. The van der Waals surface area contributed by atoms with Gasteiger partial charge in [0.2, 0.25) is 0 Å². The number of rotatable bonds is 8. The third kappa shape index (κ3) is 7.13. The summed E-state index contributed by atoms with van der Waals surface area (Å²) in [6.45, 7) is 2.52. The zero-order valence-electron chi connectivity index (χ0n) is 30.8. The van der Waals surface area contributed by atoms with Gasteiger partial charge in [-0.15, -0.1) is 0 Å². The number of hydrogen-bond donors (Lipinski definition) is 0. The van der Waals surface area contributed by atoms with Gasteiger partial charge in [0.05, 0.1) is 0 Å². The van der Waals surface area contributed by atoms with Gasteiger partial charge in [-0.05, 0) is 0 Å². The predicted molar refractivity (Wildman–Crippen MR) is 221 cm³/mol. The van der Waals surface area contributed by atoms with E-state index in [2.05, 4.69) is 78.1 Å². The molecule has 3 aromatic heterocycles. The van der Waals surface area contributed by atoms with E-state index in [0.29, 0.717) is 5.56 Å². The number of nitrogens with zero attached hydrogens (tertiary/aromatic N) is 2. The summed E-state index contributed by atoms with van der Waals surface area (Å²) in [7, 11) is 0. The van der Waals surface area contributed by atoms with Gasteiger partial charge in [0.15, 0.2) is 0 Å². The van der Waals surface area contributed by atoms with Crippen molar-refractivity contribution in [3.05, 3.63) is 139 Å². The van der Waals surface area contributed by atoms with E-state index in [0.717, 1.165) is 61.1 Å². The van der Waals surface area contributed by atoms with Crippen molar-refractivity contribution in [3.63, 3.8) is 0 Å². The summed E-state index contributed by atoms with van der Waals surface area (Å²) in [5.74, 6) is 8.62. The van der Waals surface area contributed by atoms with Crippen LogP contribution in [0.3, 0.4) is 0 Å². The number of aromatic nitrogens is 2. The number of halogens is 3. The minimum absolute atomic E-state index is 0.0615. The van der Waals surface area contributed by atoms with E-state index in [1.807, 2.05) is 72.9 Å². The normalized spacial score (nSPS) is 12.5. The maximum absolute atomic E-state index is 13.6. The van der Waals surface area contributed by atoms with E-state index >= 15 is 0 Å². The molecule has 0 amide bonds. The molecule has 54 heavy (non-hydrogen) atoms. The molecule has 0 N–H and O–H groups in total. The first-order valence-corrected chi connectivity index (χ1v) is 27.0. The molecule has 0 saturated carbocycles. The Morgan fingerprint density at radius 1 is 0.648 bits per heavy atom. The Morgan fingerprint density at radius 2 is 1.37 bits per heavy atom. The zero-order valence-corrected chi connectivity index (χ0v) is 34.6. The minimum atomic E-state index is -4.27. The van der Waals surface area contributed by atoms with Gasteiger partial charge in [0, 0.05) is 5.39 Å². The molecule has 8 aromatic rings. The van der Waals surface area contributed by atoms with Crippen LogP contribution in [-0.2, 0) is 6.42 Å². The summed E-state index contributed by atoms with van der Waals surface area (Å²) in [4.78, 5) is 9.92. The molecule has 0 unspecified atom stereocenters. The van der Waals surface area contributed by atoms with Gasteiger partial charge >= 0.3 is 294 Å². The fourth-order valence-electron chi connectivity index (χ4n) is 6.95. The van der Waals surface area contributed by atoms with Crippen LogP contribution in [0.5, 0.6) is 11.5 Å². The third-order valence-corrected chi connectivity index (χ3v) is 16.8. The second-order valence-electron chi connectivity index (χ2n) is 15.6. The average Bonchev–Trinajstić information content (AvgIpc) is 3.59. The maximum atomic E-state index is 13.6. The van der Waals surface area contributed by atoms with Crippen LogP contribution < -0.4 is 9.13 Å². The standard InChI is InChI=1S/C46H39F3GeN2OSe/c1-45(2,46(47,48)49)26-29-17-19-30(20-18-29)42-25-38-39(50(3,4)5)28-52-43(44(38)54-42)35-21-32-12-8-9-16-37(32)41(24-35)53-36-15-10-14-33(22-36)40-23-31-11-6-7-13-34(31)27-51-40/h6-25,27-28H,26H2,1-5H3. The Kier molecular flexibility index (Phi) is 9.32. The Morgan fingerprint density at radius 3 is 2.11 bits per heavy atom. The van der Waals surface area contributed by atoms with Crippen molar-refractivity contribution >= 4 is 63.4 Å². The van der Waals surface area contributed by atoms with Crippen LogP contribution in [0, 0.1) is 5.41 Å². The molecule has 8 rings (SSSR count). The molecule has 0 radical (unpaired) electrons. The SMILES string of the molecule is CC(C)(Cc1ccc(-c2cc3[c]([Ge]([CH3])([CH3])[CH3])cnc(-c4cc(Oc5cccc(-c6cc7ccccc7cn6)c5)c5ccccc5c4)c3[se]2)cc1)C(F)(F)F. The molecule has 0 spiro atoms. The second-order valence-corrected chi connectivity index (χ2v) is 28.4. The molecule has 5 aromatic carbocycles. The molecular weight excluding hydrogens is 805 g/mol. The number of ether oxygens (including phenoxy) is 1. The molecule has 0 fully saturated rings. The number of fused-ring (bicyclic) bond motifs is 3. The van der Waals surface area contributed by atoms with Crippen LogP contribution in [0.1, 0.15) is 19.4 Å². The van der Waals surface area contributed by atoms with Gasteiger partial charge in [-0.2, -0.15) is 0 Å². The van der Waals surface area contributed by atoms with Crippen molar-refractivity contribution in [3.8, 4) is 44.0 Å². The fraction of sp³-hybridized carbons (Fsp3) is 0.174. The summed E-state index contributed by atoms with van der Waals surface area (Å²) >= 11 is -2.43. The van der Waals surface area contributed by atoms with Gasteiger partial charge in [0.25, 0.3) is 0 Å². The first kappa shape index (κ1) is 36.3. The number of hydrogen-bond acceptors (Lipinski definition) is 3. The van der Waals surface area contributed by atoms with Gasteiger partial charge in [-0.25, -0.2) is 0 Å². The molecular formula is C46H39F3GeN2OSe. The third-order valence-electron chi connectivity index (χ3n) is 10.1. The van der Waals surface area contributed by atoms with Crippen molar-refractivity contribution in [1.29, 1.82) is 0 Å². The molecule has 3 nitrogen and oxygen atoms in total.